The van der Waals surface area contributed by atoms with E-state index in [9.17, 15) is 14.7 Å². The van der Waals surface area contributed by atoms with Gasteiger partial charge in [-0.1, -0.05) is 22.0 Å². The number of nitrogens with zero attached hydrogens (tertiary/aromatic N) is 1. The molecule has 1 fully saturated rings. The quantitative estimate of drug-likeness (QED) is 0.809. The van der Waals surface area contributed by atoms with Crippen molar-refractivity contribution in [2.45, 2.75) is 31.7 Å². The van der Waals surface area contributed by atoms with Gasteiger partial charge in [0.05, 0.1) is 0 Å². The zero-order valence-electron chi connectivity index (χ0n) is 10.1. The smallest absolute Gasteiger partial charge is 0.255 e. The van der Waals surface area contributed by atoms with Gasteiger partial charge in [-0.05, 0) is 30.5 Å². The van der Waals surface area contributed by atoms with E-state index in [1.807, 2.05) is 12.1 Å². The molecule has 5 nitrogen and oxygen atoms in total. The van der Waals surface area contributed by atoms with Gasteiger partial charge >= 0.3 is 0 Å². The minimum atomic E-state index is -0.796. The molecular formula is C13H13BrN2O3. The number of carbonyl (C=O) groups is 2. The minimum Gasteiger partial charge on any atom is -0.374 e. The van der Waals surface area contributed by atoms with E-state index in [1.54, 1.807) is 11.0 Å². The molecule has 2 N–H and O–H groups in total. The van der Waals surface area contributed by atoms with Gasteiger partial charge in [0.2, 0.25) is 5.91 Å². The van der Waals surface area contributed by atoms with Gasteiger partial charge in [-0.2, -0.15) is 0 Å². The van der Waals surface area contributed by atoms with E-state index >= 15 is 0 Å². The normalized spacial score (nSPS) is 26.3. The Hall–Kier alpha value is -1.40. The SMILES string of the molecule is O=C1NC(O)CCC1N1Cc2c(Br)cccc2C1=O. The number of piperidine rings is 1. The monoisotopic (exact) mass is 324 g/mol. The van der Waals surface area contributed by atoms with Crippen LogP contribution in [0.4, 0.5) is 0 Å². The molecule has 6 heteroatoms. The van der Waals surface area contributed by atoms with Crippen LogP contribution in [0, 0.1) is 0 Å². The number of aliphatic hydroxyl groups is 1. The number of benzene rings is 1. The lowest BCUT2D eigenvalue weighted by Crippen LogP contribution is -2.54. The molecule has 0 aromatic heterocycles. The number of hydrogen-bond acceptors (Lipinski definition) is 3. The van der Waals surface area contributed by atoms with Gasteiger partial charge < -0.3 is 15.3 Å². The van der Waals surface area contributed by atoms with E-state index in [2.05, 4.69) is 21.2 Å². The van der Waals surface area contributed by atoms with Gasteiger partial charge in [-0.25, -0.2) is 0 Å². The predicted octanol–water partition coefficient (Wildman–Crippen LogP) is 1.00. The van der Waals surface area contributed by atoms with E-state index in [0.717, 1.165) is 10.0 Å². The third kappa shape index (κ3) is 2.04. The topological polar surface area (TPSA) is 69.6 Å². The molecule has 1 aromatic carbocycles. The lowest BCUT2D eigenvalue weighted by Gasteiger charge is -2.32. The average molecular weight is 325 g/mol. The first kappa shape index (κ1) is 12.6. The minimum absolute atomic E-state index is 0.118. The second-order valence-corrected chi connectivity index (χ2v) is 5.67. The van der Waals surface area contributed by atoms with Crippen molar-refractivity contribution in [3.05, 3.63) is 33.8 Å². The lowest BCUT2D eigenvalue weighted by molar-refractivity contribution is -0.132. The number of aliphatic hydroxyl groups excluding tert-OH is 1. The zero-order valence-corrected chi connectivity index (χ0v) is 11.7. The van der Waals surface area contributed by atoms with E-state index in [-0.39, 0.29) is 11.8 Å². The number of amides is 2. The van der Waals surface area contributed by atoms with Crippen molar-refractivity contribution >= 4 is 27.7 Å². The van der Waals surface area contributed by atoms with Gasteiger partial charge in [0.15, 0.2) is 0 Å². The van der Waals surface area contributed by atoms with Crippen LogP contribution < -0.4 is 5.32 Å². The van der Waals surface area contributed by atoms with Gasteiger partial charge in [0.1, 0.15) is 12.3 Å². The molecule has 19 heavy (non-hydrogen) atoms. The Morgan fingerprint density at radius 1 is 1.32 bits per heavy atom. The molecule has 0 saturated carbocycles. The van der Waals surface area contributed by atoms with Crippen molar-refractivity contribution in [1.82, 2.24) is 10.2 Å². The molecule has 0 aliphatic carbocycles. The molecule has 3 rings (SSSR count). The summed E-state index contributed by atoms with van der Waals surface area (Å²) in [4.78, 5) is 25.8. The number of halogens is 1. The molecule has 2 unspecified atom stereocenters. The number of carbonyl (C=O) groups excluding carboxylic acids is 2. The van der Waals surface area contributed by atoms with E-state index in [1.165, 1.54) is 0 Å². The molecular weight excluding hydrogens is 312 g/mol. The van der Waals surface area contributed by atoms with Crippen LogP contribution in [0.25, 0.3) is 0 Å². The Labute approximate surface area is 118 Å². The predicted molar refractivity (Wildman–Crippen MR) is 71.2 cm³/mol. The summed E-state index contributed by atoms with van der Waals surface area (Å²) >= 11 is 3.43. The standard InChI is InChI=1S/C13H13BrN2O3/c14-9-3-1-2-7-8(9)6-16(13(7)19)10-4-5-11(17)15-12(10)18/h1-3,10-11,17H,4-6H2,(H,15,18). The highest BCUT2D eigenvalue weighted by Gasteiger charge is 2.39. The fourth-order valence-corrected chi connectivity index (χ4v) is 3.14. The first-order valence-electron chi connectivity index (χ1n) is 6.14. The summed E-state index contributed by atoms with van der Waals surface area (Å²) in [5.74, 6) is -0.399. The molecule has 2 aliphatic heterocycles. The van der Waals surface area contributed by atoms with Crippen molar-refractivity contribution in [1.29, 1.82) is 0 Å². The van der Waals surface area contributed by atoms with Crippen LogP contribution in [0.5, 0.6) is 0 Å². The molecule has 1 saturated heterocycles. The van der Waals surface area contributed by atoms with Crippen LogP contribution in [-0.4, -0.2) is 34.1 Å². The molecule has 0 bridgehead atoms. The van der Waals surface area contributed by atoms with Crippen molar-refractivity contribution in [3.8, 4) is 0 Å². The Morgan fingerprint density at radius 2 is 2.11 bits per heavy atom. The summed E-state index contributed by atoms with van der Waals surface area (Å²) < 4.78 is 0.886. The lowest BCUT2D eigenvalue weighted by atomic mass is 10.0. The summed E-state index contributed by atoms with van der Waals surface area (Å²) in [5.41, 5.74) is 1.57. The van der Waals surface area contributed by atoms with Crippen LogP contribution in [0.2, 0.25) is 0 Å². The molecule has 2 heterocycles. The molecule has 100 valence electrons. The second kappa shape index (κ2) is 4.61. The maximum absolute atomic E-state index is 12.3. The number of rotatable bonds is 1. The molecule has 2 atom stereocenters. The van der Waals surface area contributed by atoms with Crippen LogP contribution in [0.3, 0.4) is 0 Å². The fraction of sp³-hybridized carbons (Fsp3) is 0.385. The molecule has 0 radical (unpaired) electrons. The summed E-state index contributed by atoms with van der Waals surface area (Å²) in [6.07, 6.45) is 0.165. The average Bonchev–Trinajstić information content (AvgIpc) is 2.69. The summed E-state index contributed by atoms with van der Waals surface area (Å²) in [6.45, 7) is 0.434. The highest BCUT2D eigenvalue weighted by atomic mass is 79.9. The fourth-order valence-electron chi connectivity index (χ4n) is 2.65. The number of hydrogen-bond donors (Lipinski definition) is 2. The van der Waals surface area contributed by atoms with Crippen molar-refractivity contribution < 1.29 is 14.7 Å². The second-order valence-electron chi connectivity index (χ2n) is 4.82. The third-order valence-electron chi connectivity index (χ3n) is 3.64. The highest BCUT2D eigenvalue weighted by Crippen LogP contribution is 2.32. The maximum atomic E-state index is 12.3. The van der Waals surface area contributed by atoms with Crippen molar-refractivity contribution in [2.75, 3.05) is 0 Å². The summed E-state index contributed by atoms with van der Waals surface area (Å²) in [7, 11) is 0. The van der Waals surface area contributed by atoms with Crippen LogP contribution in [0.15, 0.2) is 22.7 Å². The van der Waals surface area contributed by atoms with Gasteiger partial charge in [-0.15, -0.1) is 0 Å². The summed E-state index contributed by atoms with van der Waals surface area (Å²) in [6, 6.07) is 4.99. The van der Waals surface area contributed by atoms with Crippen LogP contribution in [-0.2, 0) is 11.3 Å². The van der Waals surface area contributed by atoms with E-state index < -0.39 is 12.3 Å². The molecule has 0 spiro atoms. The molecule has 1 aromatic rings. The Balaban J connectivity index is 1.88. The Morgan fingerprint density at radius 3 is 2.79 bits per heavy atom. The first-order valence-corrected chi connectivity index (χ1v) is 6.94. The van der Waals surface area contributed by atoms with Crippen LogP contribution >= 0.6 is 15.9 Å². The largest absolute Gasteiger partial charge is 0.374 e. The Bertz CT molecular complexity index is 561. The highest BCUT2D eigenvalue weighted by molar-refractivity contribution is 9.10. The Kier molecular flexibility index (Phi) is 3.06. The van der Waals surface area contributed by atoms with Crippen molar-refractivity contribution in [3.63, 3.8) is 0 Å². The first-order chi connectivity index (χ1) is 9.08. The maximum Gasteiger partial charge on any atom is 0.255 e. The number of fused-ring (bicyclic) bond motifs is 1. The van der Waals surface area contributed by atoms with E-state index in [0.29, 0.717) is 24.9 Å². The van der Waals surface area contributed by atoms with Gasteiger partial charge in [0, 0.05) is 16.6 Å². The van der Waals surface area contributed by atoms with E-state index in [4.69, 9.17) is 0 Å². The summed E-state index contributed by atoms with van der Waals surface area (Å²) in [5, 5.41) is 11.9. The third-order valence-corrected chi connectivity index (χ3v) is 4.38. The van der Waals surface area contributed by atoms with Crippen molar-refractivity contribution in [2.24, 2.45) is 0 Å². The molecule has 2 amide bonds. The van der Waals surface area contributed by atoms with Crippen LogP contribution in [0.1, 0.15) is 28.8 Å². The van der Waals surface area contributed by atoms with Gasteiger partial charge in [-0.3, -0.25) is 9.59 Å². The van der Waals surface area contributed by atoms with Gasteiger partial charge in [0.25, 0.3) is 5.91 Å². The number of nitrogens with one attached hydrogen (secondary N) is 1. The molecule has 2 aliphatic rings. The zero-order chi connectivity index (χ0) is 13.6.